The van der Waals surface area contributed by atoms with E-state index in [1.807, 2.05) is 30.3 Å². The number of para-hydroxylation sites is 2. The van der Waals surface area contributed by atoms with E-state index in [4.69, 9.17) is 14.4 Å². The van der Waals surface area contributed by atoms with Crippen LogP contribution in [0.5, 0.6) is 0 Å². The lowest BCUT2D eigenvalue weighted by molar-refractivity contribution is 0.299. The summed E-state index contributed by atoms with van der Waals surface area (Å²) >= 11 is 0. The highest BCUT2D eigenvalue weighted by molar-refractivity contribution is 6.11. The van der Waals surface area contributed by atoms with Crippen molar-refractivity contribution in [2.45, 2.75) is 38.5 Å². The number of furan rings is 1. The van der Waals surface area contributed by atoms with Crippen LogP contribution in [-0.4, -0.2) is 9.97 Å². The van der Waals surface area contributed by atoms with E-state index < -0.39 is 0 Å². The molecule has 1 aliphatic carbocycles. The zero-order valence-corrected chi connectivity index (χ0v) is 25.8. The standard InChI is InChI=1S/C42H32N2O/c1-41(2)33-21-28(40-39(25-12-6-5-7-13-25)43-35-16-10-11-17-36(35)44-40)18-19-29(33)30-24-38-32(23-34(30)42(41,3)4)31-20-26-14-8-9-15-27(26)22-37(31)45-38/h5-24H,1-4H3. The number of hydrogen-bond donors (Lipinski definition) is 0. The molecule has 0 radical (unpaired) electrons. The summed E-state index contributed by atoms with van der Waals surface area (Å²) in [5.74, 6) is 0. The summed E-state index contributed by atoms with van der Waals surface area (Å²) in [4.78, 5) is 10.3. The van der Waals surface area contributed by atoms with Crippen LogP contribution in [0.3, 0.4) is 0 Å². The third kappa shape index (κ3) is 3.70. The quantitative estimate of drug-likeness (QED) is 0.204. The molecule has 0 amide bonds. The van der Waals surface area contributed by atoms with E-state index in [-0.39, 0.29) is 10.8 Å². The molecule has 0 saturated carbocycles. The molecule has 8 aromatic rings. The maximum Gasteiger partial charge on any atom is 0.136 e. The molecule has 0 fully saturated rings. The highest BCUT2D eigenvalue weighted by atomic mass is 16.3. The van der Waals surface area contributed by atoms with Crippen molar-refractivity contribution in [2.24, 2.45) is 0 Å². The number of nitrogens with zero attached hydrogens (tertiary/aromatic N) is 2. The average Bonchev–Trinajstić information content (AvgIpc) is 3.41. The summed E-state index contributed by atoms with van der Waals surface area (Å²) in [5, 5.41) is 4.77. The number of aromatic nitrogens is 2. The van der Waals surface area contributed by atoms with Crippen LogP contribution in [-0.2, 0) is 10.8 Å². The molecule has 0 bridgehead atoms. The summed E-state index contributed by atoms with van der Waals surface area (Å²) in [5.41, 5.74) is 12.4. The Morgan fingerprint density at radius 1 is 0.467 bits per heavy atom. The Bertz CT molecular complexity index is 2480. The number of benzene rings is 6. The van der Waals surface area contributed by atoms with Crippen LogP contribution in [0.4, 0.5) is 0 Å². The lowest BCUT2D eigenvalue weighted by Crippen LogP contribution is -2.43. The van der Waals surface area contributed by atoms with Gasteiger partial charge >= 0.3 is 0 Å². The van der Waals surface area contributed by atoms with Crippen LogP contribution < -0.4 is 0 Å². The van der Waals surface area contributed by atoms with Gasteiger partial charge in [-0.1, -0.05) is 107 Å². The lowest BCUT2D eigenvalue weighted by atomic mass is 9.55. The van der Waals surface area contributed by atoms with Crippen molar-refractivity contribution < 1.29 is 4.42 Å². The molecule has 0 spiro atoms. The summed E-state index contributed by atoms with van der Waals surface area (Å²) in [6, 6.07) is 43.0. The lowest BCUT2D eigenvalue weighted by Gasteiger charge is -2.48. The molecule has 9 rings (SSSR count). The van der Waals surface area contributed by atoms with Crippen molar-refractivity contribution in [3.8, 4) is 33.6 Å². The molecule has 0 aliphatic heterocycles. The number of hydrogen-bond acceptors (Lipinski definition) is 3. The van der Waals surface area contributed by atoms with Crippen LogP contribution in [0.1, 0.15) is 38.8 Å². The fraction of sp³-hybridized carbons (Fsp3) is 0.143. The van der Waals surface area contributed by atoms with Crippen molar-refractivity contribution in [3.05, 3.63) is 132 Å². The maximum absolute atomic E-state index is 6.54. The van der Waals surface area contributed by atoms with Crippen molar-refractivity contribution in [1.29, 1.82) is 0 Å². The van der Waals surface area contributed by atoms with E-state index in [0.29, 0.717) is 0 Å². The van der Waals surface area contributed by atoms with Gasteiger partial charge in [0, 0.05) is 21.9 Å². The molecule has 45 heavy (non-hydrogen) atoms. The monoisotopic (exact) mass is 580 g/mol. The first kappa shape index (κ1) is 26.2. The number of rotatable bonds is 2. The largest absolute Gasteiger partial charge is 0.456 e. The van der Waals surface area contributed by atoms with Crippen molar-refractivity contribution in [1.82, 2.24) is 9.97 Å². The van der Waals surface area contributed by atoms with Crippen LogP contribution in [0.2, 0.25) is 0 Å². The van der Waals surface area contributed by atoms with Gasteiger partial charge < -0.3 is 4.42 Å². The van der Waals surface area contributed by atoms with Crippen LogP contribution in [0, 0.1) is 0 Å². The highest BCUT2D eigenvalue weighted by Gasteiger charge is 2.46. The van der Waals surface area contributed by atoms with E-state index in [2.05, 4.69) is 119 Å². The Kier molecular flexibility index (Phi) is 5.30. The summed E-state index contributed by atoms with van der Waals surface area (Å²) in [6.07, 6.45) is 0. The molecular weight excluding hydrogens is 548 g/mol. The van der Waals surface area contributed by atoms with E-state index in [9.17, 15) is 0 Å². The van der Waals surface area contributed by atoms with Gasteiger partial charge in [0.05, 0.1) is 22.4 Å². The highest BCUT2D eigenvalue weighted by Crippen LogP contribution is 2.55. The van der Waals surface area contributed by atoms with Gasteiger partial charge in [0.15, 0.2) is 0 Å². The molecule has 6 aromatic carbocycles. The smallest absolute Gasteiger partial charge is 0.136 e. The van der Waals surface area contributed by atoms with E-state index in [0.717, 1.165) is 44.7 Å². The molecule has 0 atom stereocenters. The van der Waals surface area contributed by atoms with E-state index >= 15 is 0 Å². The third-order valence-electron chi connectivity index (χ3n) is 10.6. The molecule has 0 N–H and O–H groups in total. The van der Waals surface area contributed by atoms with Gasteiger partial charge in [-0.05, 0) is 86.3 Å². The minimum absolute atomic E-state index is 0.153. The fourth-order valence-electron chi connectivity index (χ4n) is 7.36. The molecule has 1 aliphatic rings. The minimum atomic E-state index is -0.164. The van der Waals surface area contributed by atoms with Gasteiger partial charge in [-0.3, -0.25) is 0 Å². The molecule has 3 heteroatoms. The Morgan fingerprint density at radius 2 is 1.02 bits per heavy atom. The SMILES string of the molecule is CC1(C)c2cc(-c3nc4ccccc4nc3-c3ccccc3)ccc2-c2cc3oc4cc5ccccc5cc4c3cc2C1(C)C. The second kappa shape index (κ2) is 9.12. The third-order valence-corrected chi connectivity index (χ3v) is 10.6. The van der Waals surface area contributed by atoms with Gasteiger partial charge in [0.2, 0.25) is 0 Å². The van der Waals surface area contributed by atoms with Gasteiger partial charge in [-0.15, -0.1) is 0 Å². The predicted molar refractivity (Wildman–Crippen MR) is 187 cm³/mol. The van der Waals surface area contributed by atoms with Crippen LogP contribution in [0.25, 0.3) is 77.4 Å². The second-order valence-corrected chi connectivity index (χ2v) is 13.5. The van der Waals surface area contributed by atoms with E-state index in [1.54, 1.807) is 0 Å². The first-order chi connectivity index (χ1) is 21.8. The zero-order chi connectivity index (χ0) is 30.5. The molecule has 216 valence electrons. The normalized spacial score (nSPS) is 15.0. The Hall–Kier alpha value is -5.28. The minimum Gasteiger partial charge on any atom is -0.456 e. The first-order valence-corrected chi connectivity index (χ1v) is 15.7. The van der Waals surface area contributed by atoms with E-state index in [1.165, 1.54) is 43.8 Å². The maximum atomic E-state index is 6.54. The van der Waals surface area contributed by atoms with Gasteiger partial charge in [0.1, 0.15) is 11.2 Å². The number of fused-ring (bicyclic) bond motifs is 8. The Labute approximate surface area is 262 Å². The fourth-order valence-corrected chi connectivity index (χ4v) is 7.36. The molecule has 2 heterocycles. The molecular formula is C42H32N2O. The van der Waals surface area contributed by atoms with Gasteiger partial charge in [0.25, 0.3) is 0 Å². The van der Waals surface area contributed by atoms with Crippen molar-refractivity contribution in [2.75, 3.05) is 0 Å². The molecule has 3 nitrogen and oxygen atoms in total. The van der Waals surface area contributed by atoms with Crippen LogP contribution >= 0.6 is 0 Å². The van der Waals surface area contributed by atoms with Crippen molar-refractivity contribution in [3.63, 3.8) is 0 Å². The van der Waals surface area contributed by atoms with Gasteiger partial charge in [-0.2, -0.15) is 0 Å². The molecule has 0 saturated heterocycles. The van der Waals surface area contributed by atoms with Gasteiger partial charge in [-0.25, -0.2) is 9.97 Å². The molecule has 2 aromatic heterocycles. The molecule has 0 unspecified atom stereocenters. The Balaban J connectivity index is 1.29. The summed E-state index contributed by atoms with van der Waals surface area (Å²) in [7, 11) is 0. The zero-order valence-electron chi connectivity index (χ0n) is 25.8. The Morgan fingerprint density at radius 3 is 1.73 bits per heavy atom. The first-order valence-electron chi connectivity index (χ1n) is 15.7. The van der Waals surface area contributed by atoms with Crippen LogP contribution in [0.15, 0.2) is 126 Å². The summed E-state index contributed by atoms with van der Waals surface area (Å²) < 4.78 is 6.54. The van der Waals surface area contributed by atoms with Crippen molar-refractivity contribution >= 4 is 43.7 Å². The topological polar surface area (TPSA) is 38.9 Å². The summed E-state index contributed by atoms with van der Waals surface area (Å²) in [6.45, 7) is 9.54. The average molecular weight is 581 g/mol. The predicted octanol–water partition coefficient (Wildman–Crippen LogP) is 11.3. The second-order valence-electron chi connectivity index (χ2n) is 13.5.